The fourth-order valence-electron chi connectivity index (χ4n) is 2.16. The van der Waals surface area contributed by atoms with E-state index in [1.54, 1.807) is 10.9 Å². The van der Waals surface area contributed by atoms with E-state index >= 15 is 0 Å². The van der Waals surface area contributed by atoms with Crippen molar-refractivity contribution in [2.24, 2.45) is 0 Å². The molecule has 0 saturated heterocycles. The van der Waals surface area contributed by atoms with Gasteiger partial charge in [-0.15, -0.1) is 16.4 Å². The van der Waals surface area contributed by atoms with E-state index in [0.717, 1.165) is 16.9 Å². The zero-order valence-corrected chi connectivity index (χ0v) is 13.0. The molecule has 0 bridgehead atoms. The lowest BCUT2D eigenvalue weighted by Gasteiger charge is -2.12. The normalized spacial score (nSPS) is 10.4. The van der Waals surface area contributed by atoms with Crippen LogP contribution in [0.1, 0.15) is 22.5 Å². The Morgan fingerprint density at radius 3 is 2.73 bits per heavy atom. The quantitative estimate of drug-likeness (QED) is 0.740. The van der Waals surface area contributed by atoms with E-state index in [1.807, 2.05) is 43.5 Å². The number of aryl methyl sites for hydroxylation is 2. The molecule has 3 rings (SSSR count). The van der Waals surface area contributed by atoms with E-state index in [0.29, 0.717) is 10.8 Å². The number of nitriles is 1. The van der Waals surface area contributed by atoms with Crippen LogP contribution in [0.15, 0.2) is 29.8 Å². The minimum absolute atomic E-state index is 0.209. The van der Waals surface area contributed by atoms with E-state index in [9.17, 15) is 5.26 Å². The van der Waals surface area contributed by atoms with Crippen LogP contribution in [0.2, 0.25) is 0 Å². The van der Waals surface area contributed by atoms with Gasteiger partial charge in [-0.1, -0.05) is 23.4 Å². The molecule has 110 valence electrons. The zero-order valence-electron chi connectivity index (χ0n) is 12.1. The van der Waals surface area contributed by atoms with E-state index in [2.05, 4.69) is 15.3 Å². The third-order valence-electron chi connectivity index (χ3n) is 3.23. The summed E-state index contributed by atoms with van der Waals surface area (Å²) in [4.78, 5) is 4.20. The van der Waals surface area contributed by atoms with Crippen molar-refractivity contribution < 1.29 is 4.74 Å². The molecule has 3 aromatic rings. The summed E-state index contributed by atoms with van der Waals surface area (Å²) < 4.78 is 7.47. The molecule has 0 radical (unpaired) electrons. The first-order valence-corrected chi connectivity index (χ1v) is 7.52. The fraction of sp³-hybridized carbons (Fsp3) is 0.200. The number of thiazole rings is 1. The summed E-state index contributed by atoms with van der Waals surface area (Å²) in [5.41, 5.74) is 2.94. The molecule has 0 fully saturated rings. The van der Waals surface area contributed by atoms with E-state index in [-0.39, 0.29) is 12.3 Å². The second-order valence-corrected chi connectivity index (χ2v) is 5.61. The van der Waals surface area contributed by atoms with Crippen LogP contribution in [-0.4, -0.2) is 20.0 Å². The maximum atomic E-state index is 9.20. The highest BCUT2D eigenvalue weighted by atomic mass is 32.1. The number of ether oxygens (including phenoxy) is 1. The van der Waals surface area contributed by atoms with E-state index < -0.39 is 0 Å². The summed E-state index contributed by atoms with van der Waals surface area (Å²) in [6.45, 7) is 4.19. The van der Waals surface area contributed by atoms with Gasteiger partial charge in [0.1, 0.15) is 24.1 Å². The van der Waals surface area contributed by atoms with Crippen molar-refractivity contribution in [1.82, 2.24) is 20.0 Å². The molecule has 1 aromatic carbocycles. The molecular weight excluding hydrogens is 298 g/mol. The Bertz CT molecular complexity index is 812. The SMILES string of the molecule is Cc1cccc(C)c1OCc1c(C#N)nnn1-c1nccs1. The molecular formula is C15H13N5OS. The zero-order chi connectivity index (χ0) is 15.5. The Hall–Kier alpha value is -2.72. The molecule has 22 heavy (non-hydrogen) atoms. The van der Waals surface area contributed by atoms with Crippen molar-refractivity contribution in [3.8, 4) is 17.0 Å². The van der Waals surface area contributed by atoms with Gasteiger partial charge in [-0.3, -0.25) is 0 Å². The molecule has 0 unspecified atom stereocenters. The number of hydrogen-bond acceptors (Lipinski definition) is 6. The van der Waals surface area contributed by atoms with E-state index in [4.69, 9.17) is 4.74 Å². The maximum Gasteiger partial charge on any atom is 0.212 e. The molecule has 0 atom stereocenters. The van der Waals surface area contributed by atoms with Crippen molar-refractivity contribution in [2.45, 2.75) is 20.5 Å². The monoisotopic (exact) mass is 311 g/mol. The van der Waals surface area contributed by atoms with Crippen molar-refractivity contribution in [2.75, 3.05) is 0 Å². The van der Waals surface area contributed by atoms with Gasteiger partial charge in [-0.05, 0) is 25.0 Å². The van der Waals surface area contributed by atoms with E-state index in [1.165, 1.54) is 11.3 Å². The van der Waals surface area contributed by atoms with Crippen LogP contribution < -0.4 is 4.74 Å². The first-order valence-electron chi connectivity index (χ1n) is 6.64. The Morgan fingerprint density at radius 1 is 1.32 bits per heavy atom. The van der Waals surface area contributed by atoms with Crippen LogP contribution in [0.25, 0.3) is 5.13 Å². The summed E-state index contributed by atoms with van der Waals surface area (Å²) in [5.74, 6) is 0.818. The third-order valence-corrected chi connectivity index (χ3v) is 3.98. The van der Waals surface area contributed by atoms with Gasteiger partial charge in [0.15, 0.2) is 5.69 Å². The summed E-state index contributed by atoms with van der Waals surface area (Å²) in [5, 5.41) is 19.6. The molecule has 0 N–H and O–H groups in total. The summed E-state index contributed by atoms with van der Waals surface area (Å²) in [6, 6.07) is 8.01. The lowest BCUT2D eigenvalue weighted by molar-refractivity contribution is 0.293. The number of hydrogen-bond donors (Lipinski definition) is 0. The van der Waals surface area contributed by atoms with Gasteiger partial charge in [0.25, 0.3) is 0 Å². The Kier molecular flexibility index (Phi) is 3.85. The van der Waals surface area contributed by atoms with Crippen LogP contribution in [0, 0.1) is 25.2 Å². The average molecular weight is 311 g/mol. The van der Waals surface area contributed by atoms with Gasteiger partial charge >= 0.3 is 0 Å². The summed E-state index contributed by atoms with van der Waals surface area (Å²) in [7, 11) is 0. The smallest absolute Gasteiger partial charge is 0.212 e. The van der Waals surface area contributed by atoms with Gasteiger partial charge in [0.05, 0.1) is 0 Å². The molecule has 0 aliphatic rings. The number of nitrogens with zero attached hydrogens (tertiary/aromatic N) is 5. The van der Waals surface area contributed by atoms with Crippen LogP contribution in [0.4, 0.5) is 0 Å². The molecule has 0 saturated carbocycles. The minimum Gasteiger partial charge on any atom is -0.487 e. The molecule has 6 nitrogen and oxygen atoms in total. The predicted octanol–water partition coefficient (Wildman–Crippen LogP) is 2.79. The summed E-state index contributed by atoms with van der Waals surface area (Å²) in [6.07, 6.45) is 1.68. The van der Waals surface area contributed by atoms with Crippen molar-refractivity contribution in [3.05, 3.63) is 52.3 Å². The number of aromatic nitrogens is 4. The van der Waals surface area contributed by atoms with Crippen LogP contribution >= 0.6 is 11.3 Å². The first kappa shape index (κ1) is 14.2. The highest BCUT2D eigenvalue weighted by Crippen LogP contribution is 2.24. The number of rotatable bonds is 4. The molecule has 7 heteroatoms. The molecule has 2 heterocycles. The van der Waals surface area contributed by atoms with Crippen LogP contribution in [0.5, 0.6) is 5.75 Å². The highest BCUT2D eigenvalue weighted by Gasteiger charge is 2.17. The van der Waals surface area contributed by atoms with Crippen molar-refractivity contribution in [1.29, 1.82) is 5.26 Å². The lowest BCUT2D eigenvalue weighted by Crippen LogP contribution is -2.07. The van der Waals surface area contributed by atoms with Crippen molar-refractivity contribution >= 4 is 11.3 Å². The standard InChI is InChI=1S/C15H13N5OS/c1-10-4-3-5-11(2)14(10)21-9-13-12(8-16)18-19-20(13)15-17-6-7-22-15/h3-7H,9H2,1-2H3. The van der Waals surface area contributed by atoms with Gasteiger partial charge < -0.3 is 4.74 Å². The molecule has 0 aliphatic carbocycles. The van der Waals surface area contributed by atoms with Gasteiger partial charge in [0.2, 0.25) is 5.13 Å². The largest absolute Gasteiger partial charge is 0.487 e. The highest BCUT2D eigenvalue weighted by molar-refractivity contribution is 7.12. The second kappa shape index (κ2) is 5.95. The minimum atomic E-state index is 0.209. The topological polar surface area (TPSA) is 76.6 Å². The van der Waals surface area contributed by atoms with Gasteiger partial charge in [-0.2, -0.15) is 9.94 Å². The average Bonchev–Trinajstić information content (AvgIpc) is 3.15. The predicted molar refractivity (Wildman–Crippen MR) is 82.0 cm³/mol. The third kappa shape index (κ3) is 2.56. The van der Waals surface area contributed by atoms with Gasteiger partial charge in [-0.25, -0.2) is 4.98 Å². The fourth-order valence-corrected chi connectivity index (χ4v) is 2.77. The maximum absolute atomic E-state index is 9.20. The Morgan fingerprint density at radius 2 is 2.09 bits per heavy atom. The molecule has 0 amide bonds. The van der Waals surface area contributed by atoms with Crippen molar-refractivity contribution in [3.63, 3.8) is 0 Å². The number of benzene rings is 1. The Balaban J connectivity index is 1.93. The number of para-hydroxylation sites is 1. The van der Waals surface area contributed by atoms with Crippen LogP contribution in [0.3, 0.4) is 0 Å². The molecule has 0 spiro atoms. The second-order valence-electron chi connectivity index (χ2n) is 4.73. The van der Waals surface area contributed by atoms with Crippen LogP contribution in [-0.2, 0) is 6.61 Å². The Labute approximate surface area is 131 Å². The molecule has 2 aromatic heterocycles. The first-order chi connectivity index (χ1) is 10.7. The summed E-state index contributed by atoms with van der Waals surface area (Å²) >= 11 is 1.43. The van der Waals surface area contributed by atoms with Gasteiger partial charge in [0, 0.05) is 11.6 Å². The lowest BCUT2D eigenvalue weighted by atomic mass is 10.1. The molecule has 0 aliphatic heterocycles.